The van der Waals surface area contributed by atoms with E-state index < -0.39 is 0 Å². The van der Waals surface area contributed by atoms with Gasteiger partial charge < -0.3 is 14.4 Å². The fraction of sp³-hybridized carbons (Fsp3) is 0.593. The summed E-state index contributed by atoms with van der Waals surface area (Å²) in [6, 6.07) is 10.5. The number of hydrogen-bond acceptors (Lipinski definition) is 4. The third-order valence-corrected chi connectivity index (χ3v) is 9.35. The first-order chi connectivity index (χ1) is 15.5. The van der Waals surface area contributed by atoms with Crippen molar-refractivity contribution in [2.75, 3.05) is 6.61 Å². The van der Waals surface area contributed by atoms with E-state index in [1.54, 1.807) is 11.8 Å². The molecule has 1 aromatic heterocycles. The van der Waals surface area contributed by atoms with Gasteiger partial charge in [0.05, 0.1) is 22.7 Å². The second-order valence-electron chi connectivity index (χ2n) is 10.6. The Morgan fingerprint density at radius 1 is 1.19 bits per heavy atom. The van der Waals surface area contributed by atoms with Gasteiger partial charge >= 0.3 is 0 Å². The van der Waals surface area contributed by atoms with Gasteiger partial charge in [-0.3, -0.25) is 0 Å². The average Bonchev–Trinajstić information content (AvgIpc) is 3.15. The van der Waals surface area contributed by atoms with Crippen molar-refractivity contribution < 1.29 is 14.4 Å². The molecule has 1 aromatic carbocycles. The first-order valence-electron chi connectivity index (χ1n) is 12.2. The van der Waals surface area contributed by atoms with Gasteiger partial charge in [-0.1, -0.05) is 19.9 Å². The SMILES string of the molecule is C[C@@H]1Cc2cc(OP)ccc2C2CC[C@@]3(C)C(CC[C@@H]3CCOc3ccc(CO)cn3)C21. The number of fused-ring (bicyclic) bond motifs is 5. The molecule has 0 amide bonds. The van der Waals surface area contributed by atoms with Crippen LogP contribution in [0.1, 0.15) is 68.6 Å². The molecule has 1 N–H and O–H groups in total. The van der Waals surface area contributed by atoms with Crippen LogP contribution in [0.5, 0.6) is 11.6 Å². The van der Waals surface area contributed by atoms with E-state index in [-0.39, 0.29) is 6.61 Å². The van der Waals surface area contributed by atoms with E-state index in [9.17, 15) is 5.11 Å². The highest BCUT2D eigenvalue weighted by atomic mass is 31.0. The predicted octanol–water partition coefficient (Wildman–Crippen LogP) is 5.93. The number of aliphatic hydroxyl groups is 1. The van der Waals surface area contributed by atoms with E-state index in [0.717, 1.165) is 48.0 Å². The monoisotopic (exact) mass is 453 g/mol. The van der Waals surface area contributed by atoms with Gasteiger partial charge in [0, 0.05) is 12.3 Å². The number of pyridine rings is 1. The number of benzene rings is 1. The maximum atomic E-state index is 9.18. The molecule has 32 heavy (non-hydrogen) atoms. The first-order valence-corrected chi connectivity index (χ1v) is 12.7. The zero-order chi connectivity index (χ0) is 22.3. The fourth-order valence-corrected chi connectivity index (χ4v) is 7.65. The molecule has 0 spiro atoms. The quantitative estimate of drug-likeness (QED) is 0.551. The molecule has 4 nitrogen and oxygen atoms in total. The summed E-state index contributed by atoms with van der Waals surface area (Å²) in [5, 5.41) is 9.18. The summed E-state index contributed by atoms with van der Waals surface area (Å²) in [6.07, 6.45) is 9.28. The summed E-state index contributed by atoms with van der Waals surface area (Å²) in [7, 11) is 2.38. The molecule has 3 aliphatic rings. The van der Waals surface area contributed by atoms with Crippen LogP contribution in [0.25, 0.3) is 0 Å². The topological polar surface area (TPSA) is 51.6 Å². The Morgan fingerprint density at radius 2 is 2.06 bits per heavy atom. The normalized spacial score (nSPS) is 33.2. The third-order valence-electron chi connectivity index (χ3n) is 9.07. The Labute approximate surface area is 194 Å². The van der Waals surface area contributed by atoms with Crippen LogP contribution in [0.3, 0.4) is 0 Å². The molecule has 0 saturated heterocycles. The highest BCUT2D eigenvalue weighted by Gasteiger charge is 2.55. The molecule has 5 rings (SSSR count). The van der Waals surface area contributed by atoms with Crippen LogP contribution >= 0.6 is 9.47 Å². The van der Waals surface area contributed by atoms with Crippen molar-refractivity contribution in [3.8, 4) is 11.6 Å². The van der Waals surface area contributed by atoms with E-state index in [1.165, 1.54) is 37.7 Å². The van der Waals surface area contributed by atoms with Crippen LogP contribution < -0.4 is 9.26 Å². The third kappa shape index (κ3) is 3.84. The van der Waals surface area contributed by atoms with Crippen LogP contribution in [0.15, 0.2) is 36.5 Å². The Kier molecular flexibility index (Phi) is 6.20. The van der Waals surface area contributed by atoms with Crippen LogP contribution in [0, 0.1) is 29.1 Å². The summed E-state index contributed by atoms with van der Waals surface area (Å²) >= 11 is 0. The van der Waals surface area contributed by atoms with Gasteiger partial charge in [0.2, 0.25) is 5.88 Å². The Hall–Kier alpha value is -1.64. The summed E-state index contributed by atoms with van der Waals surface area (Å²) in [4.78, 5) is 4.32. The van der Waals surface area contributed by atoms with Crippen molar-refractivity contribution >= 4 is 9.47 Å². The van der Waals surface area contributed by atoms with Gasteiger partial charge in [-0.15, -0.1) is 0 Å². The van der Waals surface area contributed by atoms with Crippen LogP contribution in [-0.4, -0.2) is 16.7 Å². The van der Waals surface area contributed by atoms with Crippen molar-refractivity contribution in [3.05, 3.63) is 53.2 Å². The Bertz CT molecular complexity index is 948. The maximum absolute atomic E-state index is 9.18. The number of hydrogen-bond donors (Lipinski definition) is 1. The predicted molar refractivity (Wildman–Crippen MR) is 130 cm³/mol. The fourth-order valence-electron chi connectivity index (χ4n) is 7.51. The molecule has 0 aliphatic heterocycles. The molecular weight excluding hydrogens is 417 g/mol. The number of aliphatic hydroxyl groups excluding tert-OH is 1. The van der Waals surface area contributed by atoms with Gasteiger partial charge in [-0.05, 0) is 108 Å². The lowest BCUT2D eigenvalue weighted by atomic mass is 9.51. The summed E-state index contributed by atoms with van der Waals surface area (Å²) in [6.45, 7) is 5.81. The summed E-state index contributed by atoms with van der Waals surface area (Å²) in [5.74, 6) is 5.39. The molecule has 3 aliphatic carbocycles. The molecule has 7 atom stereocenters. The summed E-state index contributed by atoms with van der Waals surface area (Å²) < 4.78 is 11.4. The van der Waals surface area contributed by atoms with E-state index in [2.05, 4.69) is 46.5 Å². The Morgan fingerprint density at radius 3 is 2.81 bits per heavy atom. The Balaban J connectivity index is 1.27. The van der Waals surface area contributed by atoms with Crippen LogP contribution in [0.2, 0.25) is 0 Å². The van der Waals surface area contributed by atoms with E-state index in [0.29, 0.717) is 17.2 Å². The van der Waals surface area contributed by atoms with Gasteiger partial charge in [-0.25, -0.2) is 4.98 Å². The minimum Gasteiger partial charge on any atom is -0.480 e. The highest BCUT2D eigenvalue weighted by molar-refractivity contribution is 7.10. The minimum atomic E-state index is 0.0206. The molecule has 1 heterocycles. The second-order valence-corrected chi connectivity index (χ2v) is 10.8. The number of rotatable bonds is 6. The number of ether oxygens (including phenoxy) is 1. The lowest BCUT2D eigenvalue weighted by molar-refractivity contribution is 0.000818. The van der Waals surface area contributed by atoms with Gasteiger partial charge in [-0.2, -0.15) is 0 Å². The molecule has 2 fully saturated rings. The lowest BCUT2D eigenvalue weighted by Crippen LogP contribution is -2.45. The maximum Gasteiger partial charge on any atom is 0.213 e. The van der Waals surface area contributed by atoms with Crippen molar-refractivity contribution in [2.45, 2.75) is 64.9 Å². The average molecular weight is 454 g/mol. The minimum absolute atomic E-state index is 0.0206. The van der Waals surface area contributed by atoms with E-state index in [4.69, 9.17) is 9.26 Å². The van der Waals surface area contributed by atoms with E-state index >= 15 is 0 Å². The van der Waals surface area contributed by atoms with Crippen molar-refractivity contribution in [3.63, 3.8) is 0 Å². The lowest BCUT2D eigenvalue weighted by Gasteiger charge is -2.53. The molecule has 5 heteroatoms. The van der Waals surface area contributed by atoms with Crippen molar-refractivity contribution in [2.24, 2.45) is 29.1 Å². The number of aromatic nitrogens is 1. The molecule has 2 saturated carbocycles. The standard InChI is InChI=1S/C27H36NO3P/c1-17-13-19-14-21(31-32)5-6-22(19)23-9-11-27(2)20(4-7-24(27)26(17)23)10-12-30-25-8-3-18(16-29)15-28-25/h3,5-6,8,14-15,17,20,23-24,26,29H,4,7,9-13,16,32H2,1-2H3/t17-,20-,23?,24?,26?,27-/m1/s1. The number of nitrogens with zero attached hydrogens (tertiary/aromatic N) is 1. The van der Waals surface area contributed by atoms with Crippen LogP contribution in [0.4, 0.5) is 0 Å². The van der Waals surface area contributed by atoms with E-state index in [1.807, 2.05) is 12.1 Å². The van der Waals surface area contributed by atoms with Crippen LogP contribution in [-0.2, 0) is 13.0 Å². The van der Waals surface area contributed by atoms with Gasteiger partial charge in [0.25, 0.3) is 0 Å². The molecule has 2 aromatic rings. The largest absolute Gasteiger partial charge is 0.480 e. The van der Waals surface area contributed by atoms with Gasteiger partial charge in [0.15, 0.2) is 0 Å². The van der Waals surface area contributed by atoms with Gasteiger partial charge in [0.1, 0.15) is 5.75 Å². The van der Waals surface area contributed by atoms with Crippen molar-refractivity contribution in [1.29, 1.82) is 0 Å². The zero-order valence-electron chi connectivity index (χ0n) is 19.3. The highest BCUT2D eigenvalue weighted by Crippen LogP contribution is 2.64. The van der Waals surface area contributed by atoms with Crippen molar-refractivity contribution in [1.82, 2.24) is 4.98 Å². The molecule has 0 radical (unpaired) electrons. The molecule has 4 unspecified atom stereocenters. The molecular formula is C27H36NO3P. The zero-order valence-corrected chi connectivity index (χ0v) is 20.5. The summed E-state index contributed by atoms with van der Waals surface area (Å²) in [5.41, 5.74) is 4.34. The second kappa shape index (κ2) is 8.95. The molecule has 172 valence electrons. The smallest absolute Gasteiger partial charge is 0.213 e. The first kappa shape index (κ1) is 22.2. The molecule has 0 bridgehead atoms.